The molecular formula is C31H33F3N6O2. The van der Waals surface area contributed by atoms with Crippen LogP contribution in [0.25, 0.3) is 0 Å². The van der Waals surface area contributed by atoms with Crippen molar-refractivity contribution in [3.05, 3.63) is 76.4 Å². The molecule has 0 spiro atoms. The van der Waals surface area contributed by atoms with Gasteiger partial charge in [-0.1, -0.05) is 24.5 Å². The van der Waals surface area contributed by atoms with Crippen molar-refractivity contribution in [2.24, 2.45) is 13.0 Å². The fourth-order valence-corrected chi connectivity index (χ4v) is 5.70. The van der Waals surface area contributed by atoms with Gasteiger partial charge in [-0.05, 0) is 85.5 Å². The first-order valence-electron chi connectivity index (χ1n) is 14.1. The van der Waals surface area contributed by atoms with E-state index >= 15 is 0 Å². The molecule has 11 heteroatoms. The lowest BCUT2D eigenvalue weighted by molar-refractivity contribution is -0.138. The number of carbonyl (C=O) groups is 2. The third-order valence-corrected chi connectivity index (χ3v) is 7.98. The number of rotatable bonds is 10. The third-order valence-electron chi connectivity index (χ3n) is 7.98. The summed E-state index contributed by atoms with van der Waals surface area (Å²) in [5.74, 6) is 5.29. The van der Waals surface area contributed by atoms with Gasteiger partial charge < -0.3 is 20.1 Å². The van der Waals surface area contributed by atoms with E-state index in [1.54, 1.807) is 25.4 Å². The minimum Gasteiger partial charge on any atom is -0.345 e. The molecule has 5 rings (SSSR count). The van der Waals surface area contributed by atoms with Crippen LogP contribution in [0.5, 0.6) is 0 Å². The molecule has 1 saturated carbocycles. The number of aromatic nitrogens is 3. The first-order chi connectivity index (χ1) is 20.2. The number of hydrogen-bond acceptors (Lipinski definition) is 5. The fraction of sp³-hybridized carbons (Fsp3) is 0.419. The zero-order valence-electron chi connectivity index (χ0n) is 23.6. The van der Waals surface area contributed by atoms with E-state index in [0.717, 1.165) is 36.7 Å². The van der Waals surface area contributed by atoms with Gasteiger partial charge in [-0.25, -0.2) is 0 Å². The molecule has 0 radical (unpaired) electrons. The molecule has 8 nitrogen and oxygen atoms in total. The molecule has 2 aliphatic rings. The SMILES string of the molecule is CC#CC(=O)NCCCNCc1cc2c(c(C(F)(F)F)c1)CN(c1cccc([C@H](c3nncn3C)C3CCC3)c1)C2=O. The van der Waals surface area contributed by atoms with Gasteiger partial charge in [-0.3, -0.25) is 9.59 Å². The third kappa shape index (κ3) is 6.19. The number of nitrogens with zero attached hydrogens (tertiary/aromatic N) is 4. The van der Waals surface area contributed by atoms with Crippen molar-refractivity contribution < 1.29 is 22.8 Å². The molecule has 0 bridgehead atoms. The first-order valence-corrected chi connectivity index (χ1v) is 14.1. The molecule has 1 aliphatic carbocycles. The molecule has 3 aromatic rings. The van der Waals surface area contributed by atoms with Crippen molar-refractivity contribution in [3.8, 4) is 11.8 Å². The number of anilines is 1. The monoisotopic (exact) mass is 578 g/mol. The summed E-state index contributed by atoms with van der Waals surface area (Å²) < 4.78 is 44.5. The Kier molecular flexibility index (Phi) is 8.64. The summed E-state index contributed by atoms with van der Waals surface area (Å²) in [7, 11) is 1.90. The molecule has 1 fully saturated rings. The van der Waals surface area contributed by atoms with Gasteiger partial charge in [-0.2, -0.15) is 13.2 Å². The average molecular weight is 579 g/mol. The summed E-state index contributed by atoms with van der Waals surface area (Å²) >= 11 is 0. The number of nitrogens with one attached hydrogen (secondary N) is 2. The second-order valence-corrected chi connectivity index (χ2v) is 10.8. The maximum atomic E-state index is 14.2. The topological polar surface area (TPSA) is 92.2 Å². The van der Waals surface area contributed by atoms with Crippen molar-refractivity contribution >= 4 is 17.5 Å². The smallest absolute Gasteiger partial charge is 0.345 e. The highest BCUT2D eigenvalue weighted by molar-refractivity contribution is 6.10. The van der Waals surface area contributed by atoms with Crippen LogP contribution in [0.2, 0.25) is 0 Å². The van der Waals surface area contributed by atoms with Crippen LogP contribution < -0.4 is 15.5 Å². The van der Waals surface area contributed by atoms with E-state index < -0.39 is 17.6 Å². The van der Waals surface area contributed by atoms with Crippen LogP contribution in [0.4, 0.5) is 18.9 Å². The second-order valence-electron chi connectivity index (χ2n) is 10.8. The number of carbonyl (C=O) groups excluding carboxylic acids is 2. The molecule has 1 aliphatic heterocycles. The molecule has 220 valence electrons. The lowest BCUT2D eigenvalue weighted by atomic mass is 9.72. The Morgan fingerprint density at radius 2 is 2.00 bits per heavy atom. The summed E-state index contributed by atoms with van der Waals surface area (Å²) in [5, 5.41) is 14.2. The lowest BCUT2D eigenvalue weighted by Gasteiger charge is -2.33. The van der Waals surface area contributed by atoms with Gasteiger partial charge in [0.1, 0.15) is 12.2 Å². The first kappa shape index (κ1) is 29.3. The maximum Gasteiger partial charge on any atom is 0.416 e. The number of fused-ring (bicyclic) bond motifs is 1. The highest BCUT2D eigenvalue weighted by Gasteiger charge is 2.41. The summed E-state index contributed by atoms with van der Waals surface area (Å²) in [6, 6.07) is 10.2. The lowest BCUT2D eigenvalue weighted by Crippen LogP contribution is -2.26. The largest absolute Gasteiger partial charge is 0.416 e. The molecular weight excluding hydrogens is 545 g/mol. The number of hydrogen-bond donors (Lipinski definition) is 2. The van der Waals surface area contributed by atoms with Crippen molar-refractivity contribution in [3.63, 3.8) is 0 Å². The summed E-state index contributed by atoms with van der Waals surface area (Å²) in [6.45, 7) is 2.43. The number of aryl methyl sites for hydroxylation is 1. The van der Waals surface area contributed by atoms with Crippen LogP contribution in [-0.2, 0) is 31.1 Å². The number of alkyl halides is 3. The van der Waals surface area contributed by atoms with Crippen LogP contribution >= 0.6 is 0 Å². The highest BCUT2D eigenvalue weighted by Crippen LogP contribution is 2.44. The van der Waals surface area contributed by atoms with Gasteiger partial charge in [0.05, 0.1) is 12.1 Å². The molecule has 0 unspecified atom stereocenters. The van der Waals surface area contributed by atoms with Crippen LogP contribution in [0.1, 0.15) is 77.0 Å². The maximum absolute atomic E-state index is 14.2. The number of halogens is 3. The summed E-state index contributed by atoms with van der Waals surface area (Å²) in [6.07, 6.45) is 0.891. The van der Waals surface area contributed by atoms with Crippen molar-refractivity contribution in [2.45, 2.75) is 57.8 Å². The summed E-state index contributed by atoms with van der Waals surface area (Å²) in [4.78, 5) is 26.4. The molecule has 2 N–H and O–H groups in total. The van der Waals surface area contributed by atoms with E-state index in [0.29, 0.717) is 36.7 Å². The van der Waals surface area contributed by atoms with E-state index in [4.69, 9.17) is 0 Å². The van der Waals surface area contributed by atoms with Gasteiger partial charge in [0.25, 0.3) is 11.8 Å². The molecule has 1 atom stereocenters. The molecule has 1 aromatic heterocycles. The van der Waals surface area contributed by atoms with E-state index in [9.17, 15) is 22.8 Å². The van der Waals surface area contributed by atoms with Crippen molar-refractivity contribution in [1.82, 2.24) is 25.4 Å². The Labute approximate surface area is 242 Å². The molecule has 2 amide bonds. The summed E-state index contributed by atoms with van der Waals surface area (Å²) in [5.41, 5.74) is 1.17. The predicted octanol–water partition coefficient (Wildman–Crippen LogP) is 4.55. The highest BCUT2D eigenvalue weighted by atomic mass is 19.4. The fourth-order valence-electron chi connectivity index (χ4n) is 5.70. The molecule has 2 heterocycles. The van der Waals surface area contributed by atoms with Gasteiger partial charge in [0, 0.05) is 37.3 Å². The van der Waals surface area contributed by atoms with Gasteiger partial charge in [0.15, 0.2) is 0 Å². The van der Waals surface area contributed by atoms with Crippen LogP contribution in [0.15, 0.2) is 42.7 Å². The minimum absolute atomic E-state index is 0.00903. The molecule has 42 heavy (non-hydrogen) atoms. The van der Waals surface area contributed by atoms with Crippen molar-refractivity contribution in [1.29, 1.82) is 0 Å². The van der Waals surface area contributed by atoms with E-state index in [1.807, 2.05) is 29.8 Å². The Morgan fingerprint density at radius 1 is 1.19 bits per heavy atom. The number of benzene rings is 2. The van der Waals surface area contributed by atoms with Crippen LogP contribution in [0, 0.1) is 17.8 Å². The second kappa shape index (κ2) is 12.4. The Balaban J connectivity index is 1.35. The Hall–Kier alpha value is -4.17. The normalized spacial score (nSPS) is 15.5. The van der Waals surface area contributed by atoms with Crippen LogP contribution in [0.3, 0.4) is 0 Å². The predicted molar refractivity (Wildman–Crippen MR) is 151 cm³/mol. The van der Waals surface area contributed by atoms with Crippen molar-refractivity contribution in [2.75, 3.05) is 18.0 Å². The zero-order valence-corrected chi connectivity index (χ0v) is 23.6. The van der Waals surface area contributed by atoms with E-state index in [-0.39, 0.29) is 36.0 Å². The van der Waals surface area contributed by atoms with E-state index in [2.05, 4.69) is 32.7 Å². The van der Waals surface area contributed by atoms with Gasteiger partial charge >= 0.3 is 6.18 Å². The number of amides is 2. The Morgan fingerprint density at radius 3 is 2.67 bits per heavy atom. The standard InChI is InChI=1S/C31H33F3N6O2/c1-3-7-27(41)36-13-6-12-35-17-20-14-24-25(26(15-20)31(32,33)34)18-40(30(24)42)23-11-5-10-22(16-23)28(21-8-4-9-21)29-38-37-19-39(29)2/h5,10-11,14-16,19,21,28,35H,4,6,8-9,12-13,17-18H2,1-2H3,(H,36,41)/t28-/m1/s1. The molecule has 2 aromatic carbocycles. The van der Waals surface area contributed by atoms with Gasteiger partial charge in [-0.15, -0.1) is 10.2 Å². The quantitative estimate of drug-likeness (QED) is 0.272. The zero-order chi connectivity index (χ0) is 29.9. The van der Waals surface area contributed by atoms with Crippen LogP contribution in [-0.4, -0.2) is 39.7 Å². The average Bonchev–Trinajstić information content (AvgIpc) is 3.50. The van der Waals surface area contributed by atoms with E-state index in [1.165, 1.54) is 4.90 Å². The molecule has 0 saturated heterocycles. The van der Waals surface area contributed by atoms with Gasteiger partial charge in [0.2, 0.25) is 0 Å². The Bertz CT molecular complexity index is 1530. The minimum atomic E-state index is -4.61.